The zero-order valence-corrected chi connectivity index (χ0v) is 14.1. The van der Waals surface area contributed by atoms with E-state index < -0.39 is 0 Å². The first-order valence-electron chi connectivity index (χ1n) is 8.42. The van der Waals surface area contributed by atoms with Crippen molar-refractivity contribution < 1.29 is 9.53 Å². The molecule has 0 atom stereocenters. The smallest absolute Gasteiger partial charge is 0.239 e. The second-order valence-corrected chi connectivity index (χ2v) is 6.03. The number of fused-ring (bicyclic) bond motifs is 1. The van der Waals surface area contributed by atoms with E-state index in [0.29, 0.717) is 25.6 Å². The molecule has 0 bridgehead atoms. The molecule has 132 valence electrons. The molecule has 4 rings (SSSR count). The Morgan fingerprint density at radius 3 is 2.88 bits per heavy atom. The van der Waals surface area contributed by atoms with Crippen LogP contribution in [0.5, 0.6) is 0 Å². The molecular formula is C18H18N6O2. The van der Waals surface area contributed by atoms with Crippen LogP contribution in [-0.2, 0) is 9.53 Å². The van der Waals surface area contributed by atoms with Crippen molar-refractivity contribution in [3.8, 4) is 11.3 Å². The normalized spacial score (nSPS) is 15.1. The number of anilines is 1. The van der Waals surface area contributed by atoms with Crippen LogP contribution in [0, 0.1) is 0 Å². The van der Waals surface area contributed by atoms with Gasteiger partial charge in [-0.2, -0.15) is 10.2 Å². The molecule has 0 aliphatic carbocycles. The maximum Gasteiger partial charge on any atom is 0.239 e. The van der Waals surface area contributed by atoms with Gasteiger partial charge in [-0.3, -0.25) is 14.7 Å². The molecule has 3 aromatic heterocycles. The molecule has 3 aromatic rings. The van der Waals surface area contributed by atoms with Gasteiger partial charge in [0.2, 0.25) is 5.91 Å². The molecule has 1 amide bonds. The van der Waals surface area contributed by atoms with E-state index in [0.717, 1.165) is 35.2 Å². The second kappa shape index (κ2) is 7.51. The molecule has 26 heavy (non-hydrogen) atoms. The predicted octanol–water partition coefficient (Wildman–Crippen LogP) is 1.36. The van der Waals surface area contributed by atoms with Crippen molar-refractivity contribution in [2.75, 3.05) is 38.2 Å². The Bertz CT molecular complexity index is 912. The Morgan fingerprint density at radius 1 is 1.19 bits per heavy atom. The maximum atomic E-state index is 12.2. The fourth-order valence-corrected chi connectivity index (χ4v) is 2.84. The number of amides is 1. The lowest BCUT2D eigenvalue weighted by Crippen LogP contribution is -2.41. The summed E-state index contributed by atoms with van der Waals surface area (Å²) in [5.41, 5.74) is 2.36. The molecule has 0 aromatic carbocycles. The van der Waals surface area contributed by atoms with E-state index in [1.807, 2.05) is 24.3 Å². The van der Waals surface area contributed by atoms with Crippen molar-refractivity contribution in [1.29, 1.82) is 0 Å². The number of carbonyl (C=O) groups excluding carboxylic acids is 1. The van der Waals surface area contributed by atoms with Crippen molar-refractivity contribution in [1.82, 2.24) is 25.1 Å². The van der Waals surface area contributed by atoms with Crippen molar-refractivity contribution >= 4 is 22.6 Å². The second-order valence-electron chi connectivity index (χ2n) is 6.03. The largest absolute Gasteiger partial charge is 0.379 e. The van der Waals surface area contributed by atoms with E-state index in [1.165, 1.54) is 0 Å². The highest BCUT2D eigenvalue weighted by Crippen LogP contribution is 2.21. The summed E-state index contributed by atoms with van der Waals surface area (Å²) in [6.07, 6.45) is 5.02. The van der Waals surface area contributed by atoms with Gasteiger partial charge in [-0.15, -0.1) is 0 Å². The number of hydrogen-bond acceptors (Lipinski definition) is 7. The Kier molecular flexibility index (Phi) is 4.76. The highest BCUT2D eigenvalue weighted by atomic mass is 16.5. The van der Waals surface area contributed by atoms with Crippen LogP contribution in [0.1, 0.15) is 0 Å². The van der Waals surface area contributed by atoms with E-state index in [2.05, 4.69) is 30.4 Å². The summed E-state index contributed by atoms with van der Waals surface area (Å²) in [5.74, 6) is 0.422. The van der Waals surface area contributed by atoms with Crippen LogP contribution in [0.15, 0.2) is 42.9 Å². The SMILES string of the molecule is O=C(CN1CCOCC1)Nc1cc2cc(-c3cccnn3)cnc2cn1. The van der Waals surface area contributed by atoms with Crippen molar-refractivity contribution in [2.45, 2.75) is 0 Å². The number of nitrogens with zero attached hydrogens (tertiary/aromatic N) is 5. The number of ether oxygens (including phenoxy) is 1. The van der Waals surface area contributed by atoms with Crippen LogP contribution < -0.4 is 5.32 Å². The summed E-state index contributed by atoms with van der Waals surface area (Å²) >= 11 is 0. The Hall–Kier alpha value is -2.97. The number of nitrogens with one attached hydrogen (secondary N) is 1. The summed E-state index contributed by atoms with van der Waals surface area (Å²) < 4.78 is 5.29. The molecule has 0 radical (unpaired) electrons. The molecule has 0 unspecified atom stereocenters. The molecule has 1 aliphatic rings. The van der Waals surface area contributed by atoms with Crippen LogP contribution in [0.4, 0.5) is 5.82 Å². The van der Waals surface area contributed by atoms with Crippen molar-refractivity contribution in [3.05, 3.63) is 42.9 Å². The fourth-order valence-electron chi connectivity index (χ4n) is 2.84. The van der Waals surface area contributed by atoms with Crippen LogP contribution in [-0.4, -0.2) is 63.8 Å². The van der Waals surface area contributed by atoms with Gasteiger partial charge in [-0.1, -0.05) is 0 Å². The Balaban J connectivity index is 1.51. The first kappa shape index (κ1) is 16.5. The lowest BCUT2D eigenvalue weighted by atomic mass is 10.1. The third-order valence-corrected chi connectivity index (χ3v) is 4.17. The number of carbonyl (C=O) groups is 1. The van der Waals surface area contributed by atoms with Crippen molar-refractivity contribution in [2.24, 2.45) is 0 Å². The summed E-state index contributed by atoms with van der Waals surface area (Å²) in [6, 6.07) is 7.49. The highest BCUT2D eigenvalue weighted by molar-refractivity contribution is 5.93. The van der Waals surface area contributed by atoms with Gasteiger partial charge in [0, 0.05) is 36.4 Å². The van der Waals surface area contributed by atoms with Crippen LogP contribution in [0.25, 0.3) is 22.2 Å². The van der Waals surface area contributed by atoms with Crippen LogP contribution in [0.2, 0.25) is 0 Å². The van der Waals surface area contributed by atoms with Gasteiger partial charge in [0.1, 0.15) is 5.82 Å². The van der Waals surface area contributed by atoms with E-state index in [9.17, 15) is 4.79 Å². The molecule has 1 saturated heterocycles. The zero-order chi connectivity index (χ0) is 17.8. The minimum Gasteiger partial charge on any atom is -0.379 e. The number of rotatable bonds is 4. The lowest BCUT2D eigenvalue weighted by Gasteiger charge is -2.25. The molecule has 0 spiro atoms. The molecule has 0 saturated carbocycles. The van der Waals surface area contributed by atoms with Gasteiger partial charge < -0.3 is 10.1 Å². The monoisotopic (exact) mass is 350 g/mol. The Labute approximate surface area is 150 Å². The minimum absolute atomic E-state index is 0.0863. The van der Waals surface area contributed by atoms with E-state index in [-0.39, 0.29) is 5.91 Å². The average molecular weight is 350 g/mol. The first-order valence-corrected chi connectivity index (χ1v) is 8.42. The average Bonchev–Trinajstić information content (AvgIpc) is 2.69. The van der Waals surface area contributed by atoms with Gasteiger partial charge in [-0.25, -0.2) is 4.98 Å². The molecular weight excluding hydrogens is 332 g/mol. The quantitative estimate of drug-likeness (QED) is 0.759. The molecule has 8 nitrogen and oxygen atoms in total. The Morgan fingerprint density at radius 2 is 2.08 bits per heavy atom. The topological polar surface area (TPSA) is 93.1 Å². The summed E-state index contributed by atoms with van der Waals surface area (Å²) in [4.78, 5) is 23.0. The minimum atomic E-state index is -0.0863. The molecule has 1 fully saturated rings. The molecule has 1 N–H and O–H groups in total. The molecule has 1 aliphatic heterocycles. The third-order valence-electron chi connectivity index (χ3n) is 4.17. The van der Waals surface area contributed by atoms with Gasteiger partial charge in [-0.05, 0) is 24.3 Å². The number of pyridine rings is 2. The zero-order valence-electron chi connectivity index (χ0n) is 14.1. The van der Waals surface area contributed by atoms with E-state index in [4.69, 9.17) is 4.74 Å². The first-order chi connectivity index (χ1) is 12.8. The van der Waals surface area contributed by atoms with Crippen LogP contribution >= 0.6 is 0 Å². The lowest BCUT2D eigenvalue weighted by molar-refractivity contribution is -0.118. The van der Waals surface area contributed by atoms with Gasteiger partial charge in [0.05, 0.1) is 37.2 Å². The fraction of sp³-hybridized carbons (Fsp3) is 0.278. The van der Waals surface area contributed by atoms with Gasteiger partial charge >= 0.3 is 0 Å². The number of morpholine rings is 1. The summed E-state index contributed by atoms with van der Waals surface area (Å²) in [6.45, 7) is 3.20. The highest BCUT2D eigenvalue weighted by Gasteiger charge is 2.14. The molecule has 8 heteroatoms. The predicted molar refractivity (Wildman–Crippen MR) is 96.5 cm³/mol. The van der Waals surface area contributed by atoms with E-state index >= 15 is 0 Å². The standard InChI is InChI=1S/C18H18N6O2/c25-18(12-24-4-6-26-7-5-24)22-17-9-13-8-14(10-19-16(13)11-20-17)15-2-1-3-21-23-15/h1-3,8-11H,4-7,12H2,(H,20,22,25). The van der Waals surface area contributed by atoms with Gasteiger partial charge in [0.25, 0.3) is 0 Å². The summed E-state index contributed by atoms with van der Waals surface area (Å²) in [5, 5.41) is 11.7. The summed E-state index contributed by atoms with van der Waals surface area (Å²) in [7, 11) is 0. The number of aromatic nitrogens is 4. The molecule has 4 heterocycles. The van der Waals surface area contributed by atoms with Crippen molar-refractivity contribution in [3.63, 3.8) is 0 Å². The maximum absolute atomic E-state index is 12.2. The van der Waals surface area contributed by atoms with Crippen LogP contribution in [0.3, 0.4) is 0 Å². The third kappa shape index (κ3) is 3.81. The number of hydrogen-bond donors (Lipinski definition) is 1. The van der Waals surface area contributed by atoms with E-state index in [1.54, 1.807) is 18.6 Å². The van der Waals surface area contributed by atoms with Gasteiger partial charge in [0.15, 0.2) is 0 Å².